The van der Waals surface area contributed by atoms with Crippen LogP contribution in [-0.2, 0) is 0 Å². The van der Waals surface area contributed by atoms with Gasteiger partial charge in [-0.2, -0.15) is 13.2 Å². The minimum absolute atomic E-state index is 0.451. The Balaban J connectivity index is 3.01. The summed E-state index contributed by atoms with van der Waals surface area (Å²) in [7, 11) is 0. The van der Waals surface area contributed by atoms with Crippen LogP contribution < -0.4 is 5.32 Å². The van der Waals surface area contributed by atoms with E-state index in [2.05, 4.69) is 21.2 Å². The maximum Gasteiger partial charge on any atom is 0.401 e. The second-order valence-corrected chi connectivity index (χ2v) is 3.33. The minimum atomic E-state index is -4.07. The quantitative estimate of drug-likeness (QED) is 0.563. The van der Waals surface area contributed by atoms with Crippen LogP contribution in [0.2, 0.25) is 0 Å². The zero-order valence-electron chi connectivity index (χ0n) is 6.75. The van der Waals surface area contributed by atoms with Gasteiger partial charge in [0.15, 0.2) is 0 Å². The van der Waals surface area contributed by atoms with Gasteiger partial charge in [-0.1, -0.05) is 22.4 Å². The topological polar surface area (TPSA) is 12.0 Å². The van der Waals surface area contributed by atoms with Gasteiger partial charge in [0, 0.05) is 5.33 Å². The Morgan fingerprint density at radius 3 is 2.25 bits per heavy atom. The van der Waals surface area contributed by atoms with E-state index in [1.165, 1.54) is 0 Å². The van der Waals surface area contributed by atoms with Gasteiger partial charge < -0.3 is 5.32 Å². The summed E-state index contributed by atoms with van der Waals surface area (Å²) in [6, 6.07) is 0. The number of rotatable bonds is 6. The van der Waals surface area contributed by atoms with Crippen molar-refractivity contribution in [2.24, 2.45) is 0 Å². The zero-order chi connectivity index (χ0) is 9.45. The van der Waals surface area contributed by atoms with Crippen molar-refractivity contribution in [3.63, 3.8) is 0 Å². The first-order valence-electron chi connectivity index (χ1n) is 3.89. The fourth-order valence-electron chi connectivity index (χ4n) is 0.751. The summed E-state index contributed by atoms with van der Waals surface area (Å²) in [6.45, 7) is -0.423. The Labute approximate surface area is 78.8 Å². The van der Waals surface area contributed by atoms with Gasteiger partial charge in [-0.05, 0) is 19.4 Å². The van der Waals surface area contributed by atoms with Crippen LogP contribution in [0.15, 0.2) is 0 Å². The molecule has 0 saturated heterocycles. The Kier molecular flexibility index (Phi) is 6.84. The molecule has 0 fully saturated rings. The van der Waals surface area contributed by atoms with Gasteiger partial charge in [-0.15, -0.1) is 0 Å². The summed E-state index contributed by atoms with van der Waals surface area (Å²) in [5.41, 5.74) is 0. The van der Waals surface area contributed by atoms with E-state index in [-0.39, 0.29) is 0 Å². The molecule has 1 N–H and O–H groups in total. The number of hydrogen-bond donors (Lipinski definition) is 1. The highest BCUT2D eigenvalue weighted by Gasteiger charge is 2.25. The van der Waals surface area contributed by atoms with Crippen LogP contribution in [0.5, 0.6) is 0 Å². The van der Waals surface area contributed by atoms with Crippen LogP contribution in [-0.4, -0.2) is 24.6 Å². The molecule has 0 amide bonds. The highest BCUT2D eigenvalue weighted by atomic mass is 79.9. The molecule has 0 aromatic heterocycles. The van der Waals surface area contributed by atoms with Crippen molar-refractivity contribution in [2.45, 2.75) is 25.4 Å². The van der Waals surface area contributed by atoms with Crippen LogP contribution in [0.1, 0.15) is 19.3 Å². The highest BCUT2D eigenvalue weighted by molar-refractivity contribution is 9.09. The van der Waals surface area contributed by atoms with Gasteiger partial charge in [0.1, 0.15) is 0 Å². The van der Waals surface area contributed by atoms with Crippen molar-refractivity contribution in [3.05, 3.63) is 0 Å². The van der Waals surface area contributed by atoms with Gasteiger partial charge in [-0.25, -0.2) is 0 Å². The average molecular weight is 248 g/mol. The predicted octanol–water partition coefficient (Wildman–Crippen LogP) is 2.70. The van der Waals surface area contributed by atoms with E-state index in [1.54, 1.807) is 0 Å². The van der Waals surface area contributed by atoms with E-state index in [4.69, 9.17) is 0 Å². The van der Waals surface area contributed by atoms with Crippen LogP contribution in [0, 0.1) is 0 Å². The Morgan fingerprint density at radius 1 is 1.08 bits per heavy atom. The van der Waals surface area contributed by atoms with Gasteiger partial charge in [-0.3, -0.25) is 0 Å². The average Bonchev–Trinajstić information content (AvgIpc) is 1.94. The molecule has 0 aromatic rings. The number of nitrogens with one attached hydrogen (secondary N) is 1. The van der Waals surface area contributed by atoms with Crippen molar-refractivity contribution in [1.82, 2.24) is 5.32 Å². The lowest BCUT2D eigenvalue weighted by Gasteiger charge is -2.07. The second kappa shape index (κ2) is 6.71. The molecular formula is C7H13BrF3N. The largest absolute Gasteiger partial charge is 0.401 e. The number of alkyl halides is 4. The summed E-state index contributed by atoms with van der Waals surface area (Å²) >= 11 is 3.25. The fraction of sp³-hybridized carbons (Fsp3) is 1.00. The van der Waals surface area contributed by atoms with Crippen molar-refractivity contribution in [2.75, 3.05) is 18.4 Å². The molecule has 0 heterocycles. The summed E-state index contributed by atoms with van der Waals surface area (Å²) in [5.74, 6) is 0. The number of halogens is 4. The molecule has 12 heavy (non-hydrogen) atoms. The molecule has 74 valence electrons. The number of unbranched alkanes of at least 4 members (excludes halogenated alkanes) is 2. The molecule has 0 bridgehead atoms. The number of hydrogen-bond acceptors (Lipinski definition) is 1. The van der Waals surface area contributed by atoms with Crippen LogP contribution in [0.3, 0.4) is 0 Å². The third-order valence-electron chi connectivity index (χ3n) is 1.31. The molecule has 0 radical (unpaired) electrons. The summed E-state index contributed by atoms with van der Waals surface area (Å²) in [5, 5.41) is 3.27. The lowest BCUT2D eigenvalue weighted by Crippen LogP contribution is -2.29. The minimum Gasteiger partial charge on any atom is -0.309 e. The van der Waals surface area contributed by atoms with E-state index in [0.717, 1.165) is 24.6 Å². The normalized spacial score (nSPS) is 12.0. The Bertz CT molecular complexity index is 105. The molecule has 0 rings (SSSR count). The van der Waals surface area contributed by atoms with Gasteiger partial charge in [0.05, 0.1) is 6.54 Å². The second-order valence-electron chi connectivity index (χ2n) is 2.54. The third-order valence-corrected chi connectivity index (χ3v) is 1.87. The summed E-state index contributed by atoms with van der Waals surface area (Å²) in [4.78, 5) is 0. The highest BCUT2D eigenvalue weighted by Crippen LogP contribution is 2.12. The molecule has 0 aromatic carbocycles. The Morgan fingerprint density at radius 2 is 1.75 bits per heavy atom. The molecule has 0 unspecified atom stereocenters. The van der Waals surface area contributed by atoms with Crippen LogP contribution in [0.25, 0.3) is 0 Å². The zero-order valence-corrected chi connectivity index (χ0v) is 8.34. The molecule has 0 atom stereocenters. The molecule has 0 aliphatic rings. The maximum absolute atomic E-state index is 11.6. The van der Waals surface area contributed by atoms with Crippen molar-refractivity contribution >= 4 is 15.9 Å². The lowest BCUT2D eigenvalue weighted by molar-refractivity contribution is -0.124. The van der Waals surface area contributed by atoms with Crippen molar-refractivity contribution in [1.29, 1.82) is 0 Å². The van der Waals surface area contributed by atoms with E-state index >= 15 is 0 Å². The molecule has 1 nitrogen and oxygen atoms in total. The van der Waals surface area contributed by atoms with E-state index in [9.17, 15) is 13.2 Å². The molecule has 0 aliphatic carbocycles. The fourth-order valence-corrected chi connectivity index (χ4v) is 1.15. The maximum atomic E-state index is 11.6. The monoisotopic (exact) mass is 247 g/mol. The van der Waals surface area contributed by atoms with Gasteiger partial charge >= 0.3 is 6.18 Å². The van der Waals surface area contributed by atoms with Crippen molar-refractivity contribution < 1.29 is 13.2 Å². The molecule has 0 aliphatic heterocycles. The van der Waals surface area contributed by atoms with Crippen LogP contribution in [0.4, 0.5) is 13.2 Å². The molecular weight excluding hydrogens is 235 g/mol. The van der Waals surface area contributed by atoms with Gasteiger partial charge in [0.25, 0.3) is 0 Å². The predicted molar refractivity (Wildman–Crippen MR) is 46.6 cm³/mol. The van der Waals surface area contributed by atoms with Gasteiger partial charge in [0.2, 0.25) is 0 Å². The van der Waals surface area contributed by atoms with E-state index in [0.29, 0.717) is 6.54 Å². The first-order chi connectivity index (χ1) is 5.56. The third kappa shape index (κ3) is 10.2. The first-order valence-corrected chi connectivity index (χ1v) is 5.02. The molecule has 5 heteroatoms. The summed E-state index contributed by atoms with van der Waals surface area (Å²) in [6.07, 6.45) is -1.28. The SMILES string of the molecule is FC(F)(F)CNCCCCCBr. The molecule has 0 spiro atoms. The van der Waals surface area contributed by atoms with E-state index in [1.807, 2.05) is 0 Å². The first kappa shape index (κ1) is 12.2. The van der Waals surface area contributed by atoms with Crippen LogP contribution >= 0.6 is 15.9 Å². The van der Waals surface area contributed by atoms with E-state index < -0.39 is 12.7 Å². The lowest BCUT2D eigenvalue weighted by atomic mass is 10.2. The molecule has 0 saturated carbocycles. The smallest absolute Gasteiger partial charge is 0.309 e. The standard InChI is InChI=1S/C7H13BrF3N/c8-4-2-1-3-5-12-6-7(9,10)11/h12H,1-6H2. The summed E-state index contributed by atoms with van der Waals surface area (Å²) < 4.78 is 34.7. The Hall–Kier alpha value is 0.230. The van der Waals surface area contributed by atoms with Crippen molar-refractivity contribution in [3.8, 4) is 0 Å².